The van der Waals surface area contributed by atoms with Crippen LogP contribution in [0.25, 0.3) is 6.08 Å². The van der Waals surface area contributed by atoms with E-state index >= 15 is 0 Å². The van der Waals surface area contributed by atoms with Gasteiger partial charge in [0, 0.05) is 4.47 Å². The van der Waals surface area contributed by atoms with Crippen LogP contribution in [-0.2, 0) is 0 Å². The highest BCUT2D eigenvalue weighted by molar-refractivity contribution is 9.10. The molecule has 1 aromatic carbocycles. The van der Waals surface area contributed by atoms with Crippen molar-refractivity contribution >= 4 is 22.0 Å². The largest absolute Gasteiger partial charge is 0.0870 e. The Morgan fingerprint density at radius 1 is 1.30 bits per heavy atom. The summed E-state index contributed by atoms with van der Waals surface area (Å²) in [6.45, 7) is 2.01. The average Bonchev–Trinajstić information content (AvgIpc) is 1.94. The van der Waals surface area contributed by atoms with E-state index in [-0.39, 0.29) is 0 Å². The van der Waals surface area contributed by atoms with Gasteiger partial charge < -0.3 is 0 Å². The molecule has 0 aliphatic heterocycles. The fraction of sp³-hybridized carbons (Fsp3) is 0.111. The predicted octanol–water partition coefficient (Wildman–Crippen LogP) is 3.48. The fourth-order valence-corrected chi connectivity index (χ4v) is 1.21. The van der Waals surface area contributed by atoms with Crippen molar-refractivity contribution in [3.8, 4) is 0 Å². The van der Waals surface area contributed by atoms with Gasteiger partial charge in [0.2, 0.25) is 0 Å². The van der Waals surface area contributed by atoms with E-state index in [1.54, 1.807) is 0 Å². The first-order valence-electron chi connectivity index (χ1n) is 3.22. The first-order chi connectivity index (χ1) is 4.84. The third-order valence-electron chi connectivity index (χ3n) is 1.25. The molecule has 1 heteroatoms. The first kappa shape index (κ1) is 7.55. The minimum Gasteiger partial charge on any atom is -0.0870 e. The summed E-state index contributed by atoms with van der Waals surface area (Å²) >= 11 is 3.45. The molecule has 0 saturated heterocycles. The molecule has 0 fully saturated rings. The van der Waals surface area contributed by atoms with Crippen molar-refractivity contribution in [3.63, 3.8) is 0 Å². The summed E-state index contributed by atoms with van der Waals surface area (Å²) in [5.41, 5.74) is 1.23. The molecule has 0 amide bonds. The lowest BCUT2D eigenvalue weighted by Gasteiger charge is -1.94. The van der Waals surface area contributed by atoms with Crippen LogP contribution in [0.1, 0.15) is 12.5 Å². The Morgan fingerprint density at radius 3 is 2.60 bits per heavy atom. The zero-order valence-electron chi connectivity index (χ0n) is 5.84. The molecule has 0 N–H and O–H groups in total. The molecule has 0 radical (unpaired) electrons. The van der Waals surface area contributed by atoms with Crippen molar-refractivity contribution in [2.24, 2.45) is 0 Å². The molecule has 0 saturated carbocycles. The third-order valence-corrected chi connectivity index (χ3v) is 1.97. The molecule has 0 aliphatic rings. The van der Waals surface area contributed by atoms with Crippen LogP contribution >= 0.6 is 15.9 Å². The summed E-state index contributed by atoms with van der Waals surface area (Å²) < 4.78 is 1.15. The molecule has 0 spiro atoms. The Morgan fingerprint density at radius 2 is 2.00 bits per heavy atom. The van der Waals surface area contributed by atoms with Gasteiger partial charge in [0.25, 0.3) is 0 Å². The van der Waals surface area contributed by atoms with Crippen molar-refractivity contribution < 1.29 is 0 Å². The molecule has 0 nitrogen and oxygen atoms in total. The lowest BCUT2D eigenvalue weighted by molar-refractivity contribution is 1.59. The molecule has 52 valence electrons. The Balaban J connectivity index is 3.03. The molecule has 0 atom stereocenters. The van der Waals surface area contributed by atoms with E-state index in [1.165, 1.54) is 5.56 Å². The van der Waals surface area contributed by atoms with Crippen LogP contribution in [0.5, 0.6) is 0 Å². The highest BCUT2D eigenvalue weighted by Crippen LogP contribution is 2.16. The van der Waals surface area contributed by atoms with E-state index in [0.717, 1.165) is 4.47 Å². The smallest absolute Gasteiger partial charge is 0.0247 e. The highest BCUT2D eigenvalue weighted by Gasteiger charge is 1.89. The van der Waals surface area contributed by atoms with Crippen LogP contribution in [0.3, 0.4) is 0 Å². The second kappa shape index (κ2) is 3.57. The number of halogens is 1. The first-order valence-corrected chi connectivity index (χ1v) is 4.01. The Bertz CT molecular complexity index is 238. The van der Waals surface area contributed by atoms with Crippen LogP contribution in [0.4, 0.5) is 0 Å². The van der Waals surface area contributed by atoms with Gasteiger partial charge in [0.15, 0.2) is 0 Å². The fourth-order valence-electron chi connectivity index (χ4n) is 0.790. The maximum Gasteiger partial charge on any atom is 0.0247 e. The molecule has 0 unspecified atom stereocenters. The topological polar surface area (TPSA) is 0 Å². The third kappa shape index (κ3) is 1.71. The van der Waals surface area contributed by atoms with Gasteiger partial charge in [-0.2, -0.15) is 0 Å². The number of rotatable bonds is 1. The summed E-state index contributed by atoms with van der Waals surface area (Å²) in [7, 11) is 0. The summed E-state index contributed by atoms with van der Waals surface area (Å²) in [5.74, 6) is 0. The monoisotopic (exact) mass is 196 g/mol. The van der Waals surface area contributed by atoms with Crippen LogP contribution in [-0.4, -0.2) is 0 Å². The van der Waals surface area contributed by atoms with Gasteiger partial charge in [-0.3, -0.25) is 0 Å². The second-order valence-electron chi connectivity index (χ2n) is 2.02. The van der Waals surface area contributed by atoms with Crippen molar-refractivity contribution in [1.82, 2.24) is 0 Å². The Hall–Kier alpha value is -0.560. The van der Waals surface area contributed by atoms with Gasteiger partial charge in [-0.1, -0.05) is 46.3 Å². The normalized spacial score (nSPS) is 10.6. The van der Waals surface area contributed by atoms with E-state index in [0.29, 0.717) is 0 Å². The maximum atomic E-state index is 3.45. The van der Waals surface area contributed by atoms with E-state index in [2.05, 4.69) is 28.1 Å². The lowest BCUT2D eigenvalue weighted by Crippen LogP contribution is -1.71. The number of allylic oxidation sites excluding steroid dienone is 1. The second-order valence-corrected chi connectivity index (χ2v) is 2.88. The number of benzene rings is 1. The molecule has 0 aliphatic carbocycles. The standard InChI is InChI=1S/C9H9Br/c1-2-5-8-6-3-4-7-9(8)10/h2-7H,1H3/b5-2-. The zero-order chi connectivity index (χ0) is 7.40. The van der Waals surface area contributed by atoms with E-state index in [9.17, 15) is 0 Å². The van der Waals surface area contributed by atoms with Crippen molar-refractivity contribution in [1.29, 1.82) is 0 Å². The van der Waals surface area contributed by atoms with Gasteiger partial charge in [0.05, 0.1) is 0 Å². The molecular weight excluding hydrogens is 188 g/mol. The summed E-state index contributed by atoms with van der Waals surface area (Å²) in [5, 5.41) is 0. The molecule has 0 aromatic heterocycles. The highest BCUT2D eigenvalue weighted by atomic mass is 79.9. The van der Waals surface area contributed by atoms with Crippen LogP contribution in [0, 0.1) is 0 Å². The van der Waals surface area contributed by atoms with Gasteiger partial charge in [-0.05, 0) is 18.6 Å². The zero-order valence-corrected chi connectivity index (χ0v) is 7.43. The average molecular weight is 197 g/mol. The Kier molecular flexibility index (Phi) is 2.69. The van der Waals surface area contributed by atoms with Crippen LogP contribution < -0.4 is 0 Å². The van der Waals surface area contributed by atoms with Gasteiger partial charge in [0.1, 0.15) is 0 Å². The number of hydrogen-bond donors (Lipinski definition) is 0. The molecule has 10 heavy (non-hydrogen) atoms. The lowest BCUT2D eigenvalue weighted by atomic mass is 10.2. The molecular formula is C9H9Br. The summed E-state index contributed by atoms with van der Waals surface area (Å²) in [6.07, 6.45) is 4.10. The van der Waals surface area contributed by atoms with Gasteiger partial charge in [-0.15, -0.1) is 0 Å². The minimum absolute atomic E-state index is 1.15. The van der Waals surface area contributed by atoms with E-state index in [1.807, 2.05) is 31.2 Å². The van der Waals surface area contributed by atoms with E-state index < -0.39 is 0 Å². The molecule has 0 bridgehead atoms. The van der Waals surface area contributed by atoms with Gasteiger partial charge >= 0.3 is 0 Å². The van der Waals surface area contributed by atoms with Gasteiger partial charge in [-0.25, -0.2) is 0 Å². The molecule has 0 heterocycles. The van der Waals surface area contributed by atoms with Crippen molar-refractivity contribution in [3.05, 3.63) is 40.4 Å². The van der Waals surface area contributed by atoms with Crippen LogP contribution in [0.2, 0.25) is 0 Å². The van der Waals surface area contributed by atoms with E-state index in [4.69, 9.17) is 0 Å². The molecule has 1 aromatic rings. The minimum atomic E-state index is 1.15. The summed E-state index contributed by atoms with van der Waals surface area (Å²) in [6, 6.07) is 8.15. The van der Waals surface area contributed by atoms with Crippen molar-refractivity contribution in [2.45, 2.75) is 6.92 Å². The Labute approximate surface area is 69.7 Å². The predicted molar refractivity (Wildman–Crippen MR) is 48.9 cm³/mol. The number of hydrogen-bond acceptors (Lipinski definition) is 0. The maximum absolute atomic E-state index is 3.45. The SMILES string of the molecule is C/C=C\c1ccccc1Br. The summed E-state index contributed by atoms with van der Waals surface area (Å²) in [4.78, 5) is 0. The molecule has 1 rings (SSSR count). The van der Waals surface area contributed by atoms with Crippen LogP contribution in [0.15, 0.2) is 34.8 Å². The quantitative estimate of drug-likeness (QED) is 0.646. The van der Waals surface area contributed by atoms with Crippen molar-refractivity contribution in [2.75, 3.05) is 0 Å².